The minimum absolute atomic E-state index is 0.154. The monoisotopic (exact) mass is 329 g/mol. The number of hydrogen-bond acceptors (Lipinski definition) is 4. The Balaban J connectivity index is 1.61. The maximum absolute atomic E-state index is 12.2. The minimum Gasteiger partial charge on any atom is -0.369 e. The lowest BCUT2D eigenvalue weighted by Gasteiger charge is -2.28. The van der Waals surface area contributed by atoms with Crippen molar-refractivity contribution in [1.29, 1.82) is 0 Å². The van der Waals surface area contributed by atoms with Gasteiger partial charge in [0.1, 0.15) is 6.54 Å². The predicted octanol–water partition coefficient (Wildman–Crippen LogP) is 0.443. The number of imide groups is 1. The van der Waals surface area contributed by atoms with E-state index < -0.39 is 17.7 Å². The van der Waals surface area contributed by atoms with Gasteiger partial charge in [-0.15, -0.1) is 0 Å². The van der Waals surface area contributed by atoms with Crippen molar-refractivity contribution < 1.29 is 19.2 Å². The summed E-state index contributed by atoms with van der Waals surface area (Å²) in [6, 6.07) is 6.36. The third kappa shape index (κ3) is 3.02. The SMILES string of the molecule is NC(=O)[C@H]1CCC[C@@H](NC(=O)CN2C(=O)c3ccccc3C2=O)C1. The summed E-state index contributed by atoms with van der Waals surface area (Å²) in [5.41, 5.74) is 5.97. The normalized spacial score (nSPS) is 23.1. The number of rotatable bonds is 4. The fourth-order valence-corrected chi connectivity index (χ4v) is 3.38. The zero-order valence-electron chi connectivity index (χ0n) is 13.2. The van der Waals surface area contributed by atoms with Crippen molar-refractivity contribution in [1.82, 2.24) is 10.2 Å². The van der Waals surface area contributed by atoms with Crippen LogP contribution in [0, 0.1) is 5.92 Å². The second-order valence-corrected chi connectivity index (χ2v) is 6.27. The quantitative estimate of drug-likeness (QED) is 0.781. The predicted molar refractivity (Wildman–Crippen MR) is 84.9 cm³/mol. The molecule has 4 amide bonds. The highest BCUT2D eigenvalue weighted by molar-refractivity contribution is 6.22. The number of hydrogen-bond donors (Lipinski definition) is 2. The molecule has 126 valence electrons. The molecule has 0 bridgehead atoms. The summed E-state index contributed by atoms with van der Waals surface area (Å²) < 4.78 is 0. The van der Waals surface area contributed by atoms with E-state index in [1.165, 1.54) is 0 Å². The molecule has 1 heterocycles. The fraction of sp³-hybridized carbons (Fsp3) is 0.412. The summed E-state index contributed by atoms with van der Waals surface area (Å²) in [5.74, 6) is -1.90. The first-order valence-electron chi connectivity index (χ1n) is 8.01. The molecule has 1 aliphatic heterocycles. The van der Waals surface area contributed by atoms with Gasteiger partial charge < -0.3 is 11.1 Å². The van der Waals surface area contributed by atoms with Gasteiger partial charge in [-0.1, -0.05) is 18.6 Å². The van der Waals surface area contributed by atoms with Crippen molar-refractivity contribution in [3.05, 3.63) is 35.4 Å². The van der Waals surface area contributed by atoms with Crippen molar-refractivity contribution >= 4 is 23.6 Å². The van der Waals surface area contributed by atoms with E-state index in [4.69, 9.17) is 5.73 Å². The molecule has 0 saturated heterocycles. The van der Waals surface area contributed by atoms with Gasteiger partial charge in [0.15, 0.2) is 0 Å². The van der Waals surface area contributed by atoms with Gasteiger partial charge in [0.05, 0.1) is 11.1 Å². The average molecular weight is 329 g/mol. The molecule has 2 atom stereocenters. The Hall–Kier alpha value is -2.70. The molecular formula is C17H19N3O4. The molecule has 24 heavy (non-hydrogen) atoms. The molecule has 0 unspecified atom stereocenters. The Bertz CT molecular complexity index is 681. The molecule has 1 saturated carbocycles. The molecule has 3 rings (SSSR count). The highest BCUT2D eigenvalue weighted by Crippen LogP contribution is 2.25. The first-order chi connectivity index (χ1) is 11.5. The number of nitrogens with two attached hydrogens (primary N) is 1. The number of fused-ring (bicyclic) bond motifs is 1. The summed E-state index contributed by atoms with van der Waals surface area (Å²) in [5, 5.41) is 2.81. The van der Waals surface area contributed by atoms with E-state index in [0.29, 0.717) is 17.5 Å². The smallest absolute Gasteiger partial charge is 0.262 e. The van der Waals surface area contributed by atoms with Crippen LogP contribution in [-0.4, -0.2) is 41.1 Å². The average Bonchev–Trinajstić information content (AvgIpc) is 2.80. The highest BCUT2D eigenvalue weighted by atomic mass is 16.2. The number of carbonyl (C=O) groups is 4. The van der Waals surface area contributed by atoms with E-state index in [2.05, 4.69) is 5.32 Å². The maximum atomic E-state index is 12.2. The third-order valence-electron chi connectivity index (χ3n) is 4.62. The minimum atomic E-state index is -0.454. The molecule has 7 heteroatoms. The molecule has 2 aliphatic rings. The molecule has 1 aromatic rings. The Morgan fingerprint density at radius 2 is 1.75 bits per heavy atom. The summed E-state index contributed by atoms with van der Waals surface area (Å²) >= 11 is 0. The molecule has 1 aromatic carbocycles. The van der Waals surface area contributed by atoms with Crippen LogP contribution >= 0.6 is 0 Å². The maximum Gasteiger partial charge on any atom is 0.262 e. The molecule has 1 aliphatic carbocycles. The third-order valence-corrected chi connectivity index (χ3v) is 4.62. The van der Waals surface area contributed by atoms with E-state index in [1.54, 1.807) is 24.3 Å². The molecule has 0 radical (unpaired) electrons. The Morgan fingerprint density at radius 1 is 1.12 bits per heavy atom. The van der Waals surface area contributed by atoms with E-state index in [9.17, 15) is 19.2 Å². The van der Waals surface area contributed by atoms with Gasteiger partial charge in [-0.05, 0) is 31.4 Å². The summed E-state index contributed by atoms with van der Waals surface area (Å²) in [6.07, 6.45) is 2.81. The van der Waals surface area contributed by atoms with Crippen LogP contribution in [0.5, 0.6) is 0 Å². The summed E-state index contributed by atoms with van der Waals surface area (Å²) in [6.45, 7) is -0.315. The second-order valence-electron chi connectivity index (χ2n) is 6.27. The van der Waals surface area contributed by atoms with Crippen LogP contribution in [0.1, 0.15) is 46.4 Å². The standard InChI is InChI=1S/C17H19N3O4/c18-15(22)10-4-3-5-11(8-10)19-14(21)9-20-16(23)12-6-1-2-7-13(12)17(20)24/h1-2,6-7,10-11H,3-5,8-9H2,(H2,18,22)(H,19,21)/t10-,11+/m0/s1. The van der Waals surface area contributed by atoms with Gasteiger partial charge in [0, 0.05) is 12.0 Å². The second kappa shape index (κ2) is 6.43. The lowest BCUT2D eigenvalue weighted by Crippen LogP contribution is -2.46. The Labute approximate surface area is 139 Å². The van der Waals surface area contributed by atoms with E-state index in [0.717, 1.165) is 24.2 Å². The van der Waals surface area contributed by atoms with Gasteiger partial charge in [0.2, 0.25) is 11.8 Å². The number of primary amides is 1. The zero-order valence-corrected chi connectivity index (χ0v) is 13.2. The number of benzene rings is 1. The Morgan fingerprint density at radius 3 is 2.33 bits per heavy atom. The molecule has 1 fully saturated rings. The lowest BCUT2D eigenvalue weighted by molar-refractivity contribution is -0.125. The molecular weight excluding hydrogens is 310 g/mol. The van der Waals surface area contributed by atoms with Crippen molar-refractivity contribution in [3.8, 4) is 0 Å². The van der Waals surface area contributed by atoms with Crippen molar-refractivity contribution in [2.45, 2.75) is 31.7 Å². The van der Waals surface area contributed by atoms with Crippen molar-refractivity contribution in [3.63, 3.8) is 0 Å². The summed E-state index contributed by atoms with van der Waals surface area (Å²) in [7, 11) is 0. The van der Waals surface area contributed by atoms with Crippen LogP contribution in [0.2, 0.25) is 0 Å². The number of carbonyl (C=O) groups excluding carboxylic acids is 4. The van der Waals surface area contributed by atoms with Crippen LogP contribution in [0.3, 0.4) is 0 Å². The van der Waals surface area contributed by atoms with Gasteiger partial charge in [-0.2, -0.15) is 0 Å². The van der Waals surface area contributed by atoms with E-state index in [1.807, 2.05) is 0 Å². The molecule has 0 aromatic heterocycles. The van der Waals surface area contributed by atoms with Gasteiger partial charge in [-0.25, -0.2) is 0 Å². The molecule has 3 N–H and O–H groups in total. The number of amides is 4. The van der Waals surface area contributed by atoms with Crippen LogP contribution in [-0.2, 0) is 9.59 Å². The van der Waals surface area contributed by atoms with Crippen LogP contribution in [0.4, 0.5) is 0 Å². The van der Waals surface area contributed by atoms with Gasteiger partial charge in [0.25, 0.3) is 11.8 Å². The highest BCUT2D eigenvalue weighted by Gasteiger charge is 2.36. The zero-order chi connectivity index (χ0) is 17.3. The first-order valence-corrected chi connectivity index (χ1v) is 8.01. The first kappa shape index (κ1) is 16.2. The largest absolute Gasteiger partial charge is 0.369 e. The summed E-state index contributed by atoms with van der Waals surface area (Å²) in [4.78, 5) is 48.9. The lowest BCUT2D eigenvalue weighted by atomic mass is 9.85. The van der Waals surface area contributed by atoms with Crippen LogP contribution < -0.4 is 11.1 Å². The van der Waals surface area contributed by atoms with E-state index >= 15 is 0 Å². The Kier molecular flexibility index (Phi) is 4.33. The topological polar surface area (TPSA) is 110 Å². The van der Waals surface area contributed by atoms with Crippen LogP contribution in [0.25, 0.3) is 0 Å². The number of nitrogens with zero attached hydrogens (tertiary/aromatic N) is 1. The van der Waals surface area contributed by atoms with Gasteiger partial charge >= 0.3 is 0 Å². The van der Waals surface area contributed by atoms with Gasteiger partial charge in [-0.3, -0.25) is 24.1 Å². The van der Waals surface area contributed by atoms with Crippen molar-refractivity contribution in [2.24, 2.45) is 11.7 Å². The van der Waals surface area contributed by atoms with Crippen LogP contribution in [0.15, 0.2) is 24.3 Å². The molecule has 0 spiro atoms. The number of nitrogens with one attached hydrogen (secondary N) is 1. The molecule has 7 nitrogen and oxygen atoms in total. The fourth-order valence-electron chi connectivity index (χ4n) is 3.38. The van der Waals surface area contributed by atoms with Crippen molar-refractivity contribution in [2.75, 3.05) is 6.54 Å². The van der Waals surface area contributed by atoms with E-state index in [-0.39, 0.29) is 24.4 Å².